The fourth-order valence-electron chi connectivity index (χ4n) is 2.33. The molecule has 4 nitrogen and oxygen atoms in total. The minimum Gasteiger partial charge on any atom is -0.480 e. The molecule has 0 aliphatic heterocycles. The maximum atomic E-state index is 12.3. The number of halogens is 2. The quantitative estimate of drug-likeness (QED) is 0.801. The van der Waals surface area contributed by atoms with Crippen LogP contribution in [0.2, 0.25) is 0 Å². The molecule has 0 amide bonds. The highest BCUT2D eigenvalue weighted by Gasteiger charge is 2.28. The monoisotopic (exact) mass is 299 g/mol. The molecule has 1 aliphatic carbocycles. The van der Waals surface area contributed by atoms with E-state index < -0.39 is 12.6 Å². The van der Waals surface area contributed by atoms with Crippen LogP contribution in [-0.2, 0) is 4.79 Å². The van der Waals surface area contributed by atoms with Crippen molar-refractivity contribution < 1.29 is 23.4 Å². The first-order chi connectivity index (χ1) is 9.95. The van der Waals surface area contributed by atoms with E-state index >= 15 is 0 Å². The number of alkyl halides is 2. The van der Waals surface area contributed by atoms with Gasteiger partial charge >= 0.3 is 12.6 Å². The first-order valence-electron chi connectivity index (χ1n) is 6.96. The van der Waals surface area contributed by atoms with Crippen LogP contribution in [0.5, 0.6) is 5.75 Å². The summed E-state index contributed by atoms with van der Waals surface area (Å²) in [5.74, 6) is -0.245. The Balaban J connectivity index is 2.10. The van der Waals surface area contributed by atoms with E-state index in [1.165, 1.54) is 6.07 Å². The van der Waals surface area contributed by atoms with Gasteiger partial charge in [0.15, 0.2) is 0 Å². The lowest BCUT2D eigenvalue weighted by atomic mass is 10.1. The van der Waals surface area contributed by atoms with Crippen molar-refractivity contribution in [3.05, 3.63) is 29.8 Å². The zero-order valence-corrected chi connectivity index (χ0v) is 11.8. The van der Waals surface area contributed by atoms with Crippen molar-refractivity contribution in [1.29, 1.82) is 0 Å². The van der Waals surface area contributed by atoms with E-state index in [0.717, 1.165) is 18.4 Å². The SMILES string of the molecule is CC(c1cccc(OC(F)F)c1)N(CC(=O)O)CC1CC1. The predicted molar refractivity (Wildman–Crippen MR) is 73.4 cm³/mol. The number of hydrogen-bond donors (Lipinski definition) is 1. The van der Waals surface area contributed by atoms with E-state index in [1.807, 2.05) is 11.8 Å². The predicted octanol–water partition coefficient (Wildman–Crippen LogP) is 3.15. The molecule has 21 heavy (non-hydrogen) atoms. The molecule has 0 radical (unpaired) electrons. The average molecular weight is 299 g/mol. The van der Waals surface area contributed by atoms with Crippen molar-refractivity contribution in [2.75, 3.05) is 13.1 Å². The van der Waals surface area contributed by atoms with Gasteiger partial charge in [-0.25, -0.2) is 0 Å². The van der Waals surface area contributed by atoms with E-state index in [4.69, 9.17) is 5.11 Å². The van der Waals surface area contributed by atoms with Crippen LogP contribution in [0.1, 0.15) is 31.4 Å². The molecular weight excluding hydrogens is 280 g/mol. The van der Waals surface area contributed by atoms with Crippen LogP contribution < -0.4 is 4.74 Å². The zero-order valence-electron chi connectivity index (χ0n) is 11.8. The van der Waals surface area contributed by atoms with E-state index in [1.54, 1.807) is 18.2 Å². The fraction of sp³-hybridized carbons (Fsp3) is 0.533. The second-order valence-electron chi connectivity index (χ2n) is 5.39. The van der Waals surface area contributed by atoms with Gasteiger partial charge in [-0.15, -0.1) is 0 Å². The lowest BCUT2D eigenvalue weighted by molar-refractivity contribution is -0.139. The third-order valence-corrected chi connectivity index (χ3v) is 3.64. The Kier molecular flexibility index (Phi) is 5.12. The molecule has 0 spiro atoms. The lowest BCUT2D eigenvalue weighted by Gasteiger charge is -2.28. The summed E-state index contributed by atoms with van der Waals surface area (Å²) in [6.07, 6.45) is 2.24. The molecule has 2 rings (SSSR count). The number of benzene rings is 1. The summed E-state index contributed by atoms with van der Waals surface area (Å²) in [5.41, 5.74) is 0.773. The molecule has 1 aliphatic rings. The number of carboxylic acid groups (broad SMARTS) is 1. The van der Waals surface area contributed by atoms with Gasteiger partial charge in [0.1, 0.15) is 5.75 Å². The number of rotatable bonds is 8. The minimum absolute atomic E-state index is 0.0579. The van der Waals surface area contributed by atoms with Gasteiger partial charge in [0.25, 0.3) is 0 Å². The number of hydrogen-bond acceptors (Lipinski definition) is 3. The van der Waals surface area contributed by atoms with Crippen LogP contribution in [0.15, 0.2) is 24.3 Å². The van der Waals surface area contributed by atoms with Crippen LogP contribution in [0, 0.1) is 5.92 Å². The van der Waals surface area contributed by atoms with E-state index in [9.17, 15) is 13.6 Å². The maximum Gasteiger partial charge on any atom is 0.387 e. The molecule has 0 aromatic heterocycles. The molecule has 1 fully saturated rings. The Morgan fingerprint density at radius 3 is 2.76 bits per heavy atom. The summed E-state index contributed by atoms with van der Waals surface area (Å²) in [6.45, 7) is -0.324. The van der Waals surface area contributed by atoms with E-state index in [0.29, 0.717) is 12.5 Å². The molecule has 0 heterocycles. The number of aliphatic carboxylic acids is 1. The lowest BCUT2D eigenvalue weighted by Crippen LogP contribution is -2.34. The van der Waals surface area contributed by atoms with Crippen LogP contribution in [0.4, 0.5) is 8.78 Å². The highest BCUT2D eigenvalue weighted by Crippen LogP contribution is 2.33. The van der Waals surface area contributed by atoms with Crippen molar-refractivity contribution >= 4 is 5.97 Å². The highest BCUT2D eigenvalue weighted by atomic mass is 19.3. The van der Waals surface area contributed by atoms with Gasteiger partial charge in [0.2, 0.25) is 0 Å². The number of carbonyl (C=O) groups is 1. The molecule has 1 saturated carbocycles. The Bertz CT molecular complexity index is 492. The van der Waals surface area contributed by atoms with Crippen molar-refractivity contribution in [2.24, 2.45) is 5.92 Å². The van der Waals surface area contributed by atoms with Gasteiger partial charge in [-0.05, 0) is 43.4 Å². The Morgan fingerprint density at radius 1 is 1.48 bits per heavy atom. The van der Waals surface area contributed by atoms with Crippen molar-refractivity contribution in [3.8, 4) is 5.75 Å². The molecule has 0 bridgehead atoms. The third-order valence-electron chi connectivity index (χ3n) is 3.64. The first-order valence-corrected chi connectivity index (χ1v) is 6.96. The van der Waals surface area contributed by atoms with Gasteiger partial charge in [0, 0.05) is 12.6 Å². The average Bonchev–Trinajstić information content (AvgIpc) is 3.20. The van der Waals surface area contributed by atoms with Gasteiger partial charge in [-0.1, -0.05) is 12.1 Å². The number of ether oxygens (including phenoxy) is 1. The Morgan fingerprint density at radius 2 is 2.19 bits per heavy atom. The molecule has 1 aromatic rings. The smallest absolute Gasteiger partial charge is 0.387 e. The number of carboxylic acids is 1. The summed E-state index contributed by atoms with van der Waals surface area (Å²) in [5, 5.41) is 9.02. The maximum absolute atomic E-state index is 12.3. The second-order valence-corrected chi connectivity index (χ2v) is 5.39. The first kappa shape index (κ1) is 15.7. The van der Waals surface area contributed by atoms with Crippen molar-refractivity contribution in [3.63, 3.8) is 0 Å². The van der Waals surface area contributed by atoms with E-state index in [2.05, 4.69) is 4.74 Å². The van der Waals surface area contributed by atoms with Crippen LogP contribution >= 0.6 is 0 Å². The Hall–Kier alpha value is -1.69. The standard InChI is InChI=1S/C15H19F2NO3/c1-10(18(9-14(19)20)8-11-5-6-11)12-3-2-4-13(7-12)21-15(16)17/h2-4,7,10-11,15H,5-6,8-9H2,1H3,(H,19,20). The number of nitrogens with zero attached hydrogens (tertiary/aromatic N) is 1. The Labute approximate surface area is 122 Å². The minimum atomic E-state index is -2.86. The normalized spacial score (nSPS) is 16.2. The summed E-state index contributed by atoms with van der Waals surface area (Å²) in [7, 11) is 0. The van der Waals surface area contributed by atoms with Gasteiger partial charge in [0.05, 0.1) is 6.54 Å². The van der Waals surface area contributed by atoms with Gasteiger partial charge in [-0.3, -0.25) is 9.69 Å². The summed E-state index contributed by atoms with van der Waals surface area (Å²) < 4.78 is 28.9. The molecule has 6 heteroatoms. The third kappa shape index (κ3) is 4.97. The topological polar surface area (TPSA) is 49.8 Å². The molecular formula is C15H19F2NO3. The second kappa shape index (κ2) is 6.85. The highest BCUT2D eigenvalue weighted by molar-refractivity contribution is 5.69. The summed E-state index contributed by atoms with van der Waals surface area (Å²) in [6, 6.07) is 6.27. The van der Waals surface area contributed by atoms with Crippen molar-refractivity contribution in [1.82, 2.24) is 4.90 Å². The molecule has 1 atom stereocenters. The molecule has 0 saturated heterocycles. The molecule has 1 unspecified atom stereocenters. The zero-order chi connectivity index (χ0) is 15.4. The van der Waals surface area contributed by atoms with Gasteiger partial charge < -0.3 is 9.84 Å². The van der Waals surface area contributed by atoms with Gasteiger partial charge in [-0.2, -0.15) is 8.78 Å². The molecule has 1 aromatic carbocycles. The van der Waals surface area contributed by atoms with E-state index in [-0.39, 0.29) is 18.3 Å². The van der Waals surface area contributed by atoms with Crippen LogP contribution in [-0.4, -0.2) is 35.7 Å². The summed E-state index contributed by atoms with van der Waals surface area (Å²) >= 11 is 0. The molecule has 116 valence electrons. The molecule has 1 N–H and O–H groups in total. The summed E-state index contributed by atoms with van der Waals surface area (Å²) in [4.78, 5) is 12.9. The largest absolute Gasteiger partial charge is 0.480 e. The van der Waals surface area contributed by atoms with Crippen LogP contribution in [0.3, 0.4) is 0 Å². The van der Waals surface area contributed by atoms with Crippen molar-refractivity contribution in [2.45, 2.75) is 32.4 Å². The van der Waals surface area contributed by atoms with Crippen LogP contribution in [0.25, 0.3) is 0 Å². The fourth-order valence-corrected chi connectivity index (χ4v) is 2.33.